The fourth-order valence-electron chi connectivity index (χ4n) is 2.53. The van der Waals surface area contributed by atoms with Crippen molar-refractivity contribution in [3.05, 3.63) is 58.9 Å². The molecule has 150 valence electrons. The Bertz CT molecular complexity index is 1010. The molecule has 1 unspecified atom stereocenters. The van der Waals surface area contributed by atoms with Crippen molar-refractivity contribution in [3.63, 3.8) is 0 Å². The van der Waals surface area contributed by atoms with Gasteiger partial charge >= 0.3 is 5.97 Å². The third-order valence-electron chi connectivity index (χ3n) is 3.82. The van der Waals surface area contributed by atoms with Crippen LogP contribution in [0.25, 0.3) is 0 Å². The molecule has 0 saturated carbocycles. The van der Waals surface area contributed by atoms with Gasteiger partial charge in [-0.1, -0.05) is 23.7 Å². The molecule has 0 bridgehead atoms. The van der Waals surface area contributed by atoms with Gasteiger partial charge in [-0.15, -0.1) is 0 Å². The Morgan fingerprint density at radius 2 is 1.86 bits per heavy atom. The third kappa shape index (κ3) is 4.79. The molecule has 0 spiro atoms. The highest BCUT2D eigenvalue weighted by atomic mass is 35.5. The molecule has 1 atom stereocenters. The molecule has 0 aliphatic heterocycles. The number of rotatable bonds is 6. The number of hydrogen-bond acceptors (Lipinski definition) is 5. The van der Waals surface area contributed by atoms with Crippen LogP contribution in [0.3, 0.4) is 0 Å². The van der Waals surface area contributed by atoms with Crippen LogP contribution < -0.4 is 9.62 Å². The van der Waals surface area contributed by atoms with Crippen LogP contribution >= 0.6 is 11.6 Å². The molecule has 0 aliphatic carbocycles. The molecule has 7 nitrogen and oxygen atoms in total. The molecular formula is C18H18ClFN2O5S. The van der Waals surface area contributed by atoms with Crippen LogP contribution in [0, 0.1) is 5.82 Å². The number of ether oxygens (including phenoxy) is 1. The van der Waals surface area contributed by atoms with Crippen LogP contribution in [0.15, 0.2) is 42.5 Å². The number of para-hydroxylation sites is 1. The zero-order valence-electron chi connectivity index (χ0n) is 15.3. The summed E-state index contributed by atoms with van der Waals surface area (Å²) >= 11 is 5.93. The number of amides is 1. The Kier molecular flexibility index (Phi) is 6.63. The van der Waals surface area contributed by atoms with E-state index in [1.54, 1.807) is 0 Å². The van der Waals surface area contributed by atoms with Gasteiger partial charge in [0.05, 0.1) is 29.6 Å². The number of sulfonamides is 1. The molecule has 1 N–H and O–H groups in total. The first-order valence-corrected chi connectivity index (χ1v) is 10.2. The molecule has 0 saturated heterocycles. The van der Waals surface area contributed by atoms with Gasteiger partial charge < -0.3 is 10.1 Å². The molecule has 1 amide bonds. The van der Waals surface area contributed by atoms with Crippen LogP contribution in [0.4, 0.5) is 15.8 Å². The Labute approximate surface area is 167 Å². The van der Waals surface area contributed by atoms with Crippen LogP contribution in [0.1, 0.15) is 17.3 Å². The number of nitrogens with zero attached hydrogens (tertiary/aromatic N) is 1. The number of carbonyl (C=O) groups is 2. The highest BCUT2D eigenvalue weighted by Gasteiger charge is 2.31. The van der Waals surface area contributed by atoms with Crippen molar-refractivity contribution in [1.82, 2.24) is 0 Å². The maximum Gasteiger partial charge on any atom is 0.339 e. The van der Waals surface area contributed by atoms with Crippen molar-refractivity contribution < 1.29 is 27.1 Å². The lowest BCUT2D eigenvalue weighted by Gasteiger charge is -2.28. The maximum absolute atomic E-state index is 14.1. The van der Waals surface area contributed by atoms with E-state index in [4.69, 9.17) is 11.6 Å². The van der Waals surface area contributed by atoms with Gasteiger partial charge in [0.15, 0.2) is 0 Å². The average molecular weight is 429 g/mol. The van der Waals surface area contributed by atoms with Crippen LogP contribution in [-0.2, 0) is 19.6 Å². The predicted molar refractivity (Wildman–Crippen MR) is 105 cm³/mol. The lowest BCUT2D eigenvalue weighted by molar-refractivity contribution is -0.116. The average Bonchev–Trinajstić information content (AvgIpc) is 2.63. The van der Waals surface area contributed by atoms with Crippen LogP contribution in [0.2, 0.25) is 5.02 Å². The van der Waals surface area contributed by atoms with Gasteiger partial charge in [0, 0.05) is 5.69 Å². The van der Waals surface area contributed by atoms with Crippen molar-refractivity contribution >= 4 is 44.9 Å². The van der Waals surface area contributed by atoms with Gasteiger partial charge in [0.2, 0.25) is 15.9 Å². The smallest absolute Gasteiger partial charge is 0.339 e. The molecular weight excluding hydrogens is 411 g/mol. The number of methoxy groups -OCH3 is 1. The molecule has 0 fully saturated rings. The first-order valence-electron chi connectivity index (χ1n) is 7.99. The molecule has 28 heavy (non-hydrogen) atoms. The maximum atomic E-state index is 14.1. The summed E-state index contributed by atoms with van der Waals surface area (Å²) < 4.78 is 43.9. The van der Waals surface area contributed by atoms with E-state index in [0.29, 0.717) is 4.31 Å². The fraction of sp³-hybridized carbons (Fsp3) is 0.222. The van der Waals surface area contributed by atoms with E-state index in [1.165, 1.54) is 50.4 Å². The Morgan fingerprint density at radius 3 is 2.43 bits per heavy atom. The van der Waals surface area contributed by atoms with Crippen LogP contribution in [-0.4, -0.2) is 39.7 Å². The zero-order chi connectivity index (χ0) is 21.1. The summed E-state index contributed by atoms with van der Waals surface area (Å²) in [5.41, 5.74) is -0.0219. The van der Waals surface area contributed by atoms with E-state index >= 15 is 0 Å². The standard InChI is InChI=1S/C18H18ClFN2O5S/c1-11(22(28(3,25)26)16-7-5-4-6-15(16)20)17(23)21-12-8-9-14(19)13(10-12)18(24)27-2/h4-11H,1-3H3,(H,21,23). The van der Waals surface area contributed by atoms with Gasteiger partial charge in [-0.25, -0.2) is 17.6 Å². The first kappa shape index (κ1) is 21.6. The third-order valence-corrected chi connectivity index (χ3v) is 5.37. The van der Waals surface area contributed by atoms with Crippen molar-refractivity contribution in [2.45, 2.75) is 13.0 Å². The van der Waals surface area contributed by atoms with Gasteiger partial charge in [-0.2, -0.15) is 0 Å². The molecule has 0 radical (unpaired) electrons. The van der Waals surface area contributed by atoms with Crippen molar-refractivity contribution in [1.29, 1.82) is 0 Å². The van der Waals surface area contributed by atoms with Crippen molar-refractivity contribution in [3.8, 4) is 0 Å². The summed E-state index contributed by atoms with van der Waals surface area (Å²) in [6, 6.07) is 8.08. The van der Waals surface area contributed by atoms with E-state index < -0.39 is 33.8 Å². The second kappa shape index (κ2) is 8.57. The number of hydrogen-bond donors (Lipinski definition) is 1. The zero-order valence-corrected chi connectivity index (χ0v) is 16.8. The predicted octanol–water partition coefficient (Wildman–Crippen LogP) is 3.06. The lowest BCUT2D eigenvalue weighted by Crippen LogP contribution is -2.45. The summed E-state index contributed by atoms with van der Waals surface area (Å²) in [6.45, 7) is 1.32. The minimum Gasteiger partial charge on any atom is -0.465 e. The van der Waals surface area contributed by atoms with Crippen molar-refractivity contribution in [2.75, 3.05) is 23.0 Å². The molecule has 0 heterocycles. The summed E-state index contributed by atoms with van der Waals surface area (Å²) in [7, 11) is -2.79. The number of anilines is 2. The topological polar surface area (TPSA) is 92.8 Å². The Hall–Kier alpha value is -2.65. The number of esters is 1. The number of halogens is 2. The van der Waals surface area contributed by atoms with E-state index in [2.05, 4.69) is 10.1 Å². The SMILES string of the molecule is COC(=O)c1cc(NC(=O)C(C)N(c2ccccc2F)S(C)(=O)=O)ccc1Cl. The quantitative estimate of drug-likeness (QED) is 0.714. The monoisotopic (exact) mass is 428 g/mol. The summed E-state index contributed by atoms with van der Waals surface area (Å²) in [5, 5.41) is 2.62. The van der Waals surface area contributed by atoms with Gasteiger partial charge in [-0.05, 0) is 37.3 Å². The largest absolute Gasteiger partial charge is 0.465 e. The second-order valence-corrected chi connectivity index (χ2v) is 8.13. The second-order valence-electron chi connectivity index (χ2n) is 5.86. The molecule has 0 aliphatic rings. The lowest BCUT2D eigenvalue weighted by atomic mass is 10.2. The molecule has 2 aromatic carbocycles. The highest BCUT2D eigenvalue weighted by molar-refractivity contribution is 7.92. The highest BCUT2D eigenvalue weighted by Crippen LogP contribution is 2.25. The summed E-state index contributed by atoms with van der Waals surface area (Å²) in [6.07, 6.45) is 0.876. The Balaban J connectivity index is 2.35. The fourth-order valence-corrected chi connectivity index (χ4v) is 3.90. The number of benzene rings is 2. The molecule has 2 rings (SSSR count). The van der Waals surface area contributed by atoms with E-state index in [0.717, 1.165) is 12.3 Å². The van der Waals surface area contributed by atoms with Gasteiger partial charge in [0.1, 0.15) is 11.9 Å². The molecule has 2 aromatic rings. The number of carbonyl (C=O) groups excluding carboxylic acids is 2. The van der Waals surface area contributed by atoms with E-state index in [1.807, 2.05) is 0 Å². The minimum atomic E-state index is -3.97. The van der Waals surface area contributed by atoms with E-state index in [-0.39, 0.29) is 22.0 Å². The molecule has 0 aromatic heterocycles. The normalized spacial score (nSPS) is 12.2. The number of nitrogens with one attached hydrogen (secondary N) is 1. The summed E-state index contributed by atoms with van der Waals surface area (Å²) in [5.74, 6) is -2.21. The van der Waals surface area contributed by atoms with Crippen LogP contribution in [0.5, 0.6) is 0 Å². The first-order chi connectivity index (χ1) is 13.1. The van der Waals surface area contributed by atoms with Gasteiger partial charge in [0.25, 0.3) is 0 Å². The minimum absolute atomic E-state index is 0.0312. The molecule has 10 heteroatoms. The van der Waals surface area contributed by atoms with E-state index in [9.17, 15) is 22.4 Å². The summed E-state index contributed by atoms with van der Waals surface area (Å²) in [4.78, 5) is 24.4. The van der Waals surface area contributed by atoms with Gasteiger partial charge in [-0.3, -0.25) is 9.10 Å². The Morgan fingerprint density at radius 1 is 1.21 bits per heavy atom. The van der Waals surface area contributed by atoms with Crippen molar-refractivity contribution in [2.24, 2.45) is 0 Å².